The lowest BCUT2D eigenvalue weighted by Crippen LogP contribution is -2.04. The Morgan fingerprint density at radius 3 is 2.32 bits per heavy atom. The average Bonchev–Trinajstić information content (AvgIpc) is 2.69. The number of anilines is 1. The Morgan fingerprint density at radius 1 is 0.893 bits per heavy atom. The molecule has 0 aliphatic rings. The Labute approximate surface area is 171 Å². The first kappa shape index (κ1) is 20.1. The third-order valence-corrected chi connectivity index (χ3v) is 4.82. The summed E-state index contributed by atoms with van der Waals surface area (Å²) in [7, 11) is 0. The first-order chi connectivity index (χ1) is 13.6. The molecule has 0 aliphatic carbocycles. The molecule has 0 heterocycles. The fourth-order valence-electron chi connectivity index (χ4n) is 2.63. The zero-order chi connectivity index (χ0) is 19.9. The van der Waals surface area contributed by atoms with Crippen molar-refractivity contribution in [1.29, 1.82) is 0 Å². The van der Waals surface area contributed by atoms with Crippen LogP contribution in [-0.2, 0) is 13.2 Å². The van der Waals surface area contributed by atoms with Gasteiger partial charge in [0.25, 0.3) is 0 Å². The molecule has 3 rings (SSSR count). The molecule has 0 amide bonds. The van der Waals surface area contributed by atoms with E-state index in [1.807, 2.05) is 19.1 Å². The predicted molar refractivity (Wildman–Crippen MR) is 110 cm³/mol. The quantitative estimate of drug-likeness (QED) is 0.438. The molecule has 0 saturated carbocycles. The second kappa shape index (κ2) is 9.55. The highest BCUT2D eigenvalue weighted by Crippen LogP contribution is 2.35. The largest absolute Gasteiger partial charge is 0.490 e. The minimum absolute atomic E-state index is 0.104. The van der Waals surface area contributed by atoms with E-state index in [9.17, 15) is 8.78 Å². The molecule has 0 aromatic heterocycles. The van der Waals surface area contributed by atoms with E-state index in [0.717, 1.165) is 15.7 Å². The molecule has 3 aromatic rings. The van der Waals surface area contributed by atoms with Crippen LogP contribution in [0.5, 0.6) is 11.5 Å². The molecular weight excluding hydrogens is 428 g/mol. The average molecular weight is 448 g/mol. The normalized spacial score (nSPS) is 10.6. The van der Waals surface area contributed by atoms with Crippen LogP contribution in [0.2, 0.25) is 0 Å². The Bertz CT molecular complexity index is 932. The molecule has 0 bridgehead atoms. The summed E-state index contributed by atoms with van der Waals surface area (Å²) in [6.45, 7) is 2.98. The van der Waals surface area contributed by atoms with Crippen molar-refractivity contribution in [2.75, 3.05) is 11.9 Å². The summed E-state index contributed by atoms with van der Waals surface area (Å²) in [5.41, 5.74) is 2.24. The van der Waals surface area contributed by atoms with E-state index in [-0.39, 0.29) is 18.2 Å². The van der Waals surface area contributed by atoms with Gasteiger partial charge in [-0.25, -0.2) is 8.78 Å². The van der Waals surface area contributed by atoms with Crippen LogP contribution in [0.3, 0.4) is 0 Å². The van der Waals surface area contributed by atoms with Gasteiger partial charge in [0.1, 0.15) is 18.2 Å². The van der Waals surface area contributed by atoms with E-state index in [1.165, 1.54) is 18.2 Å². The molecule has 3 aromatic carbocycles. The van der Waals surface area contributed by atoms with Gasteiger partial charge in [-0.15, -0.1) is 0 Å². The second-order valence-electron chi connectivity index (χ2n) is 6.06. The summed E-state index contributed by atoms with van der Waals surface area (Å²) in [6, 6.07) is 16.4. The van der Waals surface area contributed by atoms with Gasteiger partial charge in [0.2, 0.25) is 0 Å². The molecule has 28 heavy (non-hydrogen) atoms. The van der Waals surface area contributed by atoms with Gasteiger partial charge in [-0.05, 0) is 55.0 Å². The molecule has 0 unspecified atom stereocenters. The molecule has 3 nitrogen and oxygen atoms in total. The lowest BCUT2D eigenvalue weighted by molar-refractivity contribution is 0.265. The van der Waals surface area contributed by atoms with Crippen molar-refractivity contribution in [1.82, 2.24) is 0 Å². The number of halogens is 3. The van der Waals surface area contributed by atoms with Gasteiger partial charge in [0.15, 0.2) is 11.5 Å². The minimum Gasteiger partial charge on any atom is -0.490 e. The molecule has 0 radical (unpaired) electrons. The van der Waals surface area contributed by atoms with Crippen LogP contribution in [-0.4, -0.2) is 6.61 Å². The maximum absolute atomic E-state index is 13.8. The van der Waals surface area contributed by atoms with Gasteiger partial charge in [-0.3, -0.25) is 0 Å². The molecule has 146 valence electrons. The molecule has 6 heteroatoms. The number of nitrogens with one attached hydrogen (secondary N) is 1. The smallest absolute Gasteiger partial charge is 0.162 e. The summed E-state index contributed by atoms with van der Waals surface area (Å²) in [5, 5.41) is 3.24. The predicted octanol–water partition coefficient (Wildman–Crippen LogP) is 6.32. The van der Waals surface area contributed by atoms with Gasteiger partial charge in [0, 0.05) is 22.3 Å². The van der Waals surface area contributed by atoms with Crippen molar-refractivity contribution in [3.8, 4) is 11.5 Å². The van der Waals surface area contributed by atoms with Gasteiger partial charge >= 0.3 is 0 Å². The second-order valence-corrected chi connectivity index (χ2v) is 6.92. The Kier molecular flexibility index (Phi) is 6.87. The SMILES string of the molecule is CCOc1cc(CNc2ccc(F)cc2)c(Br)cc1OCc1ccccc1F. The number of hydrogen-bond acceptors (Lipinski definition) is 3. The maximum atomic E-state index is 13.8. The highest BCUT2D eigenvalue weighted by molar-refractivity contribution is 9.10. The van der Waals surface area contributed by atoms with Crippen LogP contribution >= 0.6 is 15.9 Å². The summed E-state index contributed by atoms with van der Waals surface area (Å²) in [4.78, 5) is 0. The molecule has 0 spiro atoms. The summed E-state index contributed by atoms with van der Waals surface area (Å²) in [5.74, 6) is 0.529. The highest BCUT2D eigenvalue weighted by Gasteiger charge is 2.12. The van der Waals surface area contributed by atoms with E-state index in [0.29, 0.717) is 30.2 Å². The fourth-order valence-corrected chi connectivity index (χ4v) is 3.09. The van der Waals surface area contributed by atoms with Gasteiger partial charge in [-0.2, -0.15) is 0 Å². The van der Waals surface area contributed by atoms with Gasteiger partial charge < -0.3 is 14.8 Å². The van der Waals surface area contributed by atoms with E-state index in [2.05, 4.69) is 21.2 Å². The molecule has 0 fully saturated rings. The number of hydrogen-bond donors (Lipinski definition) is 1. The lowest BCUT2D eigenvalue weighted by Gasteiger charge is -2.16. The Balaban J connectivity index is 1.75. The third-order valence-electron chi connectivity index (χ3n) is 4.08. The molecule has 1 N–H and O–H groups in total. The Morgan fingerprint density at radius 2 is 1.61 bits per heavy atom. The highest BCUT2D eigenvalue weighted by atomic mass is 79.9. The first-order valence-electron chi connectivity index (χ1n) is 8.87. The van der Waals surface area contributed by atoms with Crippen molar-refractivity contribution < 1.29 is 18.3 Å². The number of benzene rings is 3. The monoisotopic (exact) mass is 447 g/mol. The van der Waals surface area contributed by atoms with Crippen molar-refractivity contribution in [3.05, 3.63) is 87.9 Å². The van der Waals surface area contributed by atoms with Crippen LogP contribution in [0.4, 0.5) is 14.5 Å². The zero-order valence-corrected chi connectivity index (χ0v) is 16.9. The summed E-state index contributed by atoms with van der Waals surface area (Å²) in [6.07, 6.45) is 0. The van der Waals surface area contributed by atoms with Crippen molar-refractivity contribution in [2.24, 2.45) is 0 Å². The van der Waals surface area contributed by atoms with Crippen LogP contribution in [0.1, 0.15) is 18.1 Å². The van der Waals surface area contributed by atoms with Gasteiger partial charge in [-0.1, -0.05) is 34.1 Å². The summed E-state index contributed by atoms with van der Waals surface area (Å²) >= 11 is 3.55. The lowest BCUT2D eigenvalue weighted by atomic mass is 10.2. The molecule has 0 saturated heterocycles. The van der Waals surface area contributed by atoms with Crippen molar-refractivity contribution >= 4 is 21.6 Å². The van der Waals surface area contributed by atoms with Crippen molar-refractivity contribution in [3.63, 3.8) is 0 Å². The van der Waals surface area contributed by atoms with Crippen LogP contribution in [0, 0.1) is 11.6 Å². The third kappa shape index (κ3) is 5.23. The van der Waals surface area contributed by atoms with E-state index >= 15 is 0 Å². The molecular formula is C22H20BrF2NO2. The topological polar surface area (TPSA) is 30.5 Å². The van der Waals surface area contributed by atoms with E-state index in [1.54, 1.807) is 30.3 Å². The van der Waals surface area contributed by atoms with Crippen LogP contribution in [0.25, 0.3) is 0 Å². The molecule has 0 aliphatic heterocycles. The Hall–Kier alpha value is -2.60. The van der Waals surface area contributed by atoms with E-state index in [4.69, 9.17) is 9.47 Å². The van der Waals surface area contributed by atoms with Crippen LogP contribution in [0.15, 0.2) is 65.1 Å². The summed E-state index contributed by atoms with van der Waals surface area (Å²) < 4.78 is 39.2. The van der Waals surface area contributed by atoms with E-state index < -0.39 is 0 Å². The number of ether oxygens (including phenoxy) is 2. The first-order valence-corrected chi connectivity index (χ1v) is 9.67. The van der Waals surface area contributed by atoms with Gasteiger partial charge in [0.05, 0.1) is 6.61 Å². The van der Waals surface area contributed by atoms with Crippen LogP contribution < -0.4 is 14.8 Å². The minimum atomic E-state index is -0.306. The molecule has 0 atom stereocenters. The zero-order valence-electron chi connectivity index (χ0n) is 15.3. The van der Waals surface area contributed by atoms with Crippen molar-refractivity contribution in [2.45, 2.75) is 20.1 Å². The fraction of sp³-hybridized carbons (Fsp3) is 0.182. The maximum Gasteiger partial charge on any atom is 0.162 e. The number of rotatable bonds is 8. The standard InChI is InChI=1S/C22H20BrF2NO2/c1-2-27-21-11-16(13-26-18-9-7-17(24)8-10-18)19(23)12-22(21)28-14-15-5-3-4-6-20(15)25/h3-12,26H,2,13-14H2,1H3.